The summed E-state index contributed by atoms with van der Waals surface area (Å²) in [7, 11) is 1.40. The van der Waals surface area contributed by atoms with E-state index >= 15 is 0 Å². The molecule has 156 valence electrons. The largest absolute Gasteiger partial charge is 0.357 e. The number of nitrogens with zero attached hydrogens (tertiary/aromatic N) is 1. The third kappa shape index (κ3) is 5.43. The van der Waals surface area contributed by atoms with Gasteiger partial charge in [0.25, 0.3) is 5.91 Å². The molecule has 3 rings (SSSR count). The van der Waals surface area contributed by atoms with Crippen LogP contribution in [0.1, 0.15) is 32.7 Å². The van der Waals surface area contributed by atoms with E-state index < -0.39 is 29.5 Å². The molecule has 1 atom stereocenters. The molecule has 2 aromatic carbocycles. The summed E-state index contributed by atoms with van der Waals surface area (Å²) in [4.78, 5) is 30.2. The van der Waals surface area contributed by atoms with E-state index in [0.29, 0.717) is 5.56 Å². The van der Waals surface area contributed by atoms with Crippen LogP contribution in [-0.2, 0) is 10.5 Å². The summed E-state index contributed by atoms with van der Waals surface area (Å²) < 4.78 is 26.8. The van der Waals surface area contributed by atoms with E-state index in [4.69, 9.17) is 0 Å². The van der Waals surface area contributed by atoms with Crippen molar-refractivity contribution in [3.05, 3.63) is 81.3 Å². The number of thiazole rings is 1. The molecule has 0 aliphatic rings. The summed E-state index contributed by atoms with van der Waals surface area (Å²) in [6.45, 7) is 1.96. The zero-order valence-corrected chi connectivity index (χ0v) is 17.9. The van der Waals surface area contributed by atoms with Crippen molar-refractivity contribution in [2.45, 2.75) is 23.6 Å². The molecule has 1 heterocycles. The van der Waals surface area contributed by atoms with Crippen molar-refractivity contribution in [1.82, 2.24) is 15.6 Å². The zero-order valence-electron chi connectivity index (χ0n) is 16.2. The predicted molar refractivity (Wildman–Crippen MR) is 113 cm³/mol. The van der Waals surface area contributed by atoms with E-state index in [1.807, 2.05) is 24.4 Å². The number of benzene rings is 2. The van der Waals surface area contributed by atoms with Gasteiger partial charge in [-0.2, -0.15) is 0 Å². The monoisotopic (exact) mass is 447 g/mol. The molecule has 0 aliphatic heterocycles. The maximum Gasteiger partial charge on any atom is 0.252 e. The lowest BCUT2D eigenvalue weighted by atomic mass is 10.0. The molecule has 9 heteroatoms. The number of hydrogen-bond donors (Lipinski definition) is 2. The maximum absolute atomic E-state index is 13.6. The second kappa shape index (κ2) is 9.82. The van der Waals surface area contributed by atoms with Crippen LogP contribution >= 0.6 is 23.1 Å². The van der Waals surface area contributed by atoms with Crippen LogP contribution in [-0.4, -0.2) is 23.8 Å². The molecule has 3 aromatic rings. The standard InChI is InChI=1S/C21H19F2N3O2S2/c1-12-25-15(10-29-12)11-30-16-6-3-13(4-7-16)20(27)26-19(21(28)24-2)14-5-8-17(22)18(23)9-14/h3-10,19H,11H2,1-2H3,(H,24,28)(H,26,27). The van der Waals surface area contributed by atoms with Crippen molar-refractivity contribution in [3.63, 3.8) is 0 Å². The number of likely N-dealkylation sites (N-methyl/N-ethyl adjacent to an activating group) is 1. The molecule has 0 radical (unpaired) electrons. The first-order valence-corrected chi connectivity index (χ1v) is 10.8. The number of rotatable bonds is 7. The van der Waals surface area contributed by atoms with E-state index in [2.05, 4.69) is 15.6 Å². The van der Waals surface area contributed by atoms with E-state index in [1.54, 1.807) is 35.2 Å². The van der Waals surface area contributed by atoms with Gasteiger partial charge in [0.15, 0.2) is 11.6 Å². The Bertz CT molecular complexity index is 1050. The zero-order chi connectivity index (χ0) is 21.7. The number of hydrogen-bond acceptors (Lipinski definition) is 5. The highest BCUT2D eigenvalue weighted by Gasteiger charge is 2.23. The van der Waals surface area contributed by atoms with Gasteiger partial charge in [0.2, 0.25) is 5.91 Å². The van der Waals surface area contributed by atoms with Crippen LogP contribution < -0.4 is 10.6 Å². The fourth-order valence-electron chi connectivity index (χ4n) is 2.69. The van der Waals surface area contributed by atoms with Crippen LogP contribution in [0.15, 0.2) is 52.7 Å². The Labute approximate surface area is 180 Å². The van der Waals surface area contributed by atoms with E-state index in [9.17, 15) is 18.4 Å². The summed E-state index contributed by atoms with van der Waals surface area (Å²) in [6.07, 6.45) is 0. The number of carbonyl (C=O) groups excluding carboxylic acids is 2. The number of aromatic nitrogens is 1. The van der Waals surface area contributed by atoms with Gasteiger partial charge in [0.1, 0.15) is 6.04 Å². The van der Waals surface area contributed by atoms with Gasteiger partial charge in [-0.25, -0.2) is 13.8 Å². The van der Waals surface area contributed by atoms with Crippen molar-refractivity contribution in [2.75, 3.05) is 7.05 Å². The lowest BCUT2D eigenvalue weighted by Crippen LogP contribution is -2.39. The normalized spacial score (nSPS) is 11.7. The smallest absolute Gasteiger partial charge is 0.252 e. The third-order valence-corrected chi connectivity index (χ3v) is 6.10. The molecule has 0 aliphatic carbocycles. The second-order valence-electron chi connectivity index (χ2n) is 6.37. The highest BCUT2D eigenvalue weighted by molar-refractivity contribution is 7.98. The van der Waals surface area contributed by atoms with Gasteiger partial charge in [0, 0.05) is 28.6 Å². The molecule has 2 N–H and O–H groups in total. The number of halogens is 2. The van der Waals surface area contributed by atoms with Gasteiger partial charge >= 0.3 is 0 Å². The summed E-state index contributed by atoms with van der Waals surface area (Å²) in [6, 6.07) is 8.85. The van der Waals surface area contributed by atoms with Crippen LogP contribution in [0, 0.1) is 18.6 Å². The quantitative estimate of drug-likeness (QED) is 0.532. The van der Waals surface area contributed by atoms with Crippen molar-refractivity contribution in [1.29, 1.82) is 0 Å². The Morgan fingerprint density at radius 2 is 1.87 bits per heavy atom. The van der Waals surface area contributed by atoms with E-state index in [0.717, 1.165) is 33.5 Å². The third-order valence-electron chi connectivity index (χ3n) is 4.23. The SMILES string of the molecule is CNC(=O)C(NC(=O)c1ccc(SCc2csc(C)n2)cc1)c1ccc(F)c(F)c1. The highest BCUT2D eigenvalue weighted by Crippen LogP contribution is 2.24. The van der Waals surface area contributed by atoms with Crippen molar-refractivity contribution < 1.29 is 18.4 Å². The van der Waals surface area contributed by atoms with Gasteiger partial charge in [-0.3, -0.25) is 9.59 Å². The average Bonchev–Trinajstić information content (AvgIpc) is 3.17. The lowest BCUT2D eigenvalue weighted by Gasteiger charge is -2.18. The molecule has 0 saturated carbocycles. The summed E-state index contributed by atoms with van der Waals surface area (Å²) in [5, 5.41) is 8.02. The molecule has 0 spiro atoms. The molecule has 30 heavy (non-hydrogen) atoms. The molecule has 0 bridgehead atoms. The van der Waals surface area contributed by atoms with Crippen molar-refractivity contribution in [3.8, 4) is 0 Å². The minimum Gasteiger partial charge on any atom is -0.357 e. The van der Waals surface area contributed by atoms with Crippen molar-refractivity contribution >= 4 is 34.9 Å². The molecule has 1 aromatic heterocycles. The lowest BCUT2D eigenvalue weighted by molar-refractivity contribution is -0.122. The number of thioether (sulfide) groups is 1. The first-order chi connectivity index (χ1) is 14.4. The molecule has 0 fully saturated rings. The van der Waals surface area contributed by atoms with Gasteiger partial charge in [-0.1, -0.05) is 6.07 Å². The number of aryl methyl sites for hydroxylation is 1. The van der Waals surface area contributed by atoms with E-state index in [1.165, 1.54) is 13.1 Å². The highest BCUT2D eigenvalue weighted by atomic mass is 32.2. The van der Waals surface area contributed by atoms with Gasteiger partial charge in [0.05, 0.1) is 10.7 Å². The topological polar surface area (TPSA) is 71.1 Å². The number of amides is 2. The average molecular weight is 448 g/mol. The van der Waals surface area contributed by atoms with Crippen LogP contribution in [0.2, 0.25) is 0 Å². The number of nitrogens with one attached hydrogen (secondary N) is 2. The Hall–Kier alpha value is -2.78. The molecular weight excluding hydrogens is 428 g/mol. The Kier molecular flexibility index (Phi) is 7.17. The summed E-state index contributed by atoms with van der Waals surface area (Å²) in [5.74, 6) is -2.43. The first kappa shape index (κ1) is 21.9. The Morgan fingerprint density at radius 3 is 2.47 bits per heavy atom. The predicted octanol–water partition coefficient (Wildman–Crippen LogP) is 4.24. The van der Waals surface area contributed by atoms with Crippen LogP contribution in [0.3, 0.4) is 0 Å². The summed E-state index contributed by atoms with van der Waals surface area (Å²) in [5.41, 5.74) is 1.50. The van der Waals surface area contributed by atoms with E-state index in [-0.39, 0.29) is 5.56 Å². The van der Waals surface area contributed by atoms with Crippen molar-refractivity contribution in [2.24, 2.45) is 0 Å². The van der Waals surface area contributed by atoms with Crippen LogP contribution in [0.5, 0.6) is 0 Å². The van der Waals surface area contributed by atoms with Gasteiger partial charge in [-0.05, 0) is 48.9 Å². The Morgan fingerprint density at radius 1 is 1.13 bits per heavy atom. The Balaban J connectivity index is 1.69. The minimum absolute atomic E-state index is 0.146. The van der Waals surface area contributed by atoms with Gasteiger partial charge in [-0.15, -0.1) is 23.1 Å². The minimum atomic E-state index is -1.15. The molecule has 0 saturated heterocycles. The molecular formula is C21H19F2N3O2S2. The second-order valence-corrected chi connectivity index (χ2v) is 8.48. The molecule has 1 unspecified atom stereocenters. The summed E-state index contributed by atoms with van der Waals surface area (Å²) >= 11 is 3.20. The number of carbonyl (C=O) groups is 2. The molecule has 5 nitrogen and oxygen atoms in total. The van der Waals surface area contributed by atoms with Gasteiger partial charge < -0.3 is 10.6 Å². The fourth-order valence-corrected chi connectivity index (χ4v) is 4.19. The van der Waals surface area contributed by atoms with Crippen LogP contribution in [0.25, 0.3) is 0 Å². The molecule has 2 amide bonds. The first-order valence-electron chi connectivity index (χ1n) is 8.98. The van der Waals surface area contributed by atoms with Crippen LogP contribution in [0.4, 0.5) is 8.78 Å². The maximum atomic E-state index is 13.6. The fraction of sp³-hybridized carbons (Fsp3) is 0.190.